The van der Waals surface area contributed by atoms with Crippen LogP contribution in [0.5, 0.6) is 0 Å². The molecule has 0 aromatic heterocycles. The Kier molecular flexibility index (Phi) is 6.53. The lowest BCUT2D eigenvalue weighted by atomic mass is 11.8. The molecule has 0 N–H and O–H groups in total. The fraction of sp³-hybridized carbons (Fsp3) is 0.667. The highest BCUT2D eigenvalue weighted by molar-refractivity contribution is 6.79. The average molecular weight is 180 g/mol. The zero-order valence-corrected chi connectivity index (χ0v) is 9.78. The molecule has 6 heteroatoms. The normalized spacial score (nSPS) is 15.8. The van der Waals surface area contributed by atoms with E-state index in [-0.39, 0.29) is 0 Å². The number of hydrogen-bond donors (Lipinski definition) is 0. The summed E-state index contributed by atoms with van der Waals surface area (Å²) in [5, 5.41) is 0. The molecule has 0 saturated carbocycles. The van der Waals surface area contributed by atoms with Gasteiger partial charge in [0.2, 0.25) is 0 Å². The molecule has 0 aromatic carbocycles. The number of rotatable bonds is 5. The number of carbonyl (C=O) groups is 1. The molecule has 0 bridgehead atoms. The van der Waals surface area contributed by atoms with E-state index >= 15 is 0 Å². The van der Waals surface area contributed by atoms with E-state index in [4.69, 9.17) is 8.23 Å². The molecule has 0 saturated heterocycles. The summed E-state index contributed by atoms with van der Waals surface area (Å²) in [5.41, 5.74) is 0. The molecule has 0 aliphatic carbocycles. The van der Waals surface area contributed by atoms with E-state index in [0.29, 0.717) is 0 Å². The zero-order chi connectivity index (χ0) is 7.11. The van der Waals surface area contributed by atoms with Gasteiger partial charge in [0.05, 0.1) is 0 Å². The predicted molar refractivity (Wildman–Crippen MR) is 44.9 cm³/mol. The third-order valence-electron chi connectivity index (χ3n) is 0.773. The summed E-state index contributed by atoms with van der Waals surface area (Å²) < 4.78 is 10.3. The van der Waals surface area contributed by atoms with Crippen molar-refractivity contribution in [1.82, 2.24) is 0 Å². The third kappa shape index (κ3) is 4.73. The van der Waals surface area contributed by atoms with Crippen LogP contribution in [-0.2, 0) is 13.0 Å². The first-order valence-corrected chi connectivity index (χ1v) is 8.62. The molecule has 0 fully saturated rings. The Hall–Kier alpha value is 0.241. The fourth-order valence-corrected chi connectivity index (χ4v) is 4.96. The van der Waals surface area contributed by atoms with Crippen LogP contribution in [0.1, 0.15) is 0 Å². The van der Waals surface area contributed by atoms with Crippen molar-refractivity contribution in [2.75, 3.05) is 0 Å². The summed E-state index contributed by atoms with van der Waals surface area (Å²) in [6.07, 6.45) is 0. The van der Waals surface area contributed by atoms with E-state index in [1.165, 1.54) is 0 Å². The lowest BCUT2D eigenvalue weighted by molar-refractivity contribution is 0.466. The Balaban J connectivity index is 3.29. The monoisotopic (exact) mass is 180 g/mol. The van der Waals surface area contributed by atoms with Crippen molar-refractivity contribution >= 4 is 34.7 Å². The molecule has 0 amide bonds. The Morgan fingerprint density at radius 1 is 1.33 bits per heavy atom. The molecule has 0 aliphatic heterocycles. The van der Waals surface area contributed by atoms with Crippen molar-refractivity contribution in [3.8, 4) is 0 Å². The van der Waals surface area contributed by atoms with Crippen molar-refractivity contribution in [3.05, 3.63) is 0 Å². The Morgan fingerprint density at radius 2 is 1.78 bits per heavy atom. The Labute approximate surface area is 61.5 Å². The van der Waals surface area contributed by atoms with Gasteiger partial charge in [-0.15, -0.1) is 0 Å². The molecular weight excluding hydrogens is 168 g/mol. The molecule has 0 atom stereocenters. The lowest BCUT2D eigenvalue weighted by Crippen LogP contribution is -2.26. The Morgan fingerprint density at radius 3 is 2.00 bits per heavy atom. The van der Waals surface area contributed by atoms with Crippen LogP contribution < -0.4 is 0 Å². The third-order valence-corrected chi connectivity index (χ3v) is 6.29. The maximum absolute atomic E-state index is 10.1. The van der Waals surface area contributed by atoms with Gasteiger partial charge in [-0.05, 0) is 0 Å². The SMILES string of the molecule is C[SiH2]O[SiH](C=O)O[SiH2]C. The van der Waals surface area contributed by atoms with Gasteiger partial charge in [-0.2, -0.15) is 0 Å². The fourth-order valence-electron chi connectivity index (χ4n) is 0.455. The summed E-state index contributed by atoms with van der Waals surface area (Å²) in [6.45, 7) is 4.01. The maximum Gasteiger partial charge on any atom is 0.369 e. The molecule has 0 aliphatic rings. The van der Waals surface area contributed by atoms with E-state index in [0.717, 1.165) is 5.91 Å². The van der Waals surface area contributed by atoms with Crippen molar-refractivity contribution in [1.29, 1.82) is 0 Å². The topological polar surface area (TPSA) is 35.5 Å². The molecule has 9 heavy (non-hydrogen) atoms. The second-order valence-corrected chi connectivity index (χ2v) is 6.25. The van der Waals surface area contributed by atoms with E-state index in [1.807, 2.05) is 13.1 Å². The minimum Gasteiger partial charge on any atom is -0.440 e. The summed E-state index contributed by atoms with van der Waals surface area (Å²) in [5.74, 6) is 0.854. The van der Waals surface area contributed by atoms with Gasteiger partial charge in [-0.3, -0.25) is 0 Å². The Bertz CT molecular complexity index is 72.7. The molecule has 0 heterocycles. The van der Waals surface area contributed by atoms with Crippen LogP contribution in [0.2, 0.25) is 13.1 Å². The highest BCUT2D eigenvalue weighted by atomic mass is 28.4. The minimum atomic E-state index is -1.77. The van der Waals surface area contributed by atoms with E-state index in [9.17, 15) is 4.79 Å². The van der Waals surface area contributed by atoms with Gasteiger partial charge in [0.25, 0.3) is 0 Å². The van der Waals surface area contributed by atoms with Gasteiger partial charge < -0.3 is 13.0 Å². The second-order valence-electron chi connectivity index (χ2n) is 1.42. The molecule has 0 rings (SSSR count). The van der Waals surface area contributed by atoms with Crippen LogP contribution in [0.15, 0.2) is 0 Å². The summed E-state index contributed by atoms with van der Waals surface area (Å²) in [7, 11) is -2.64. The first kappa shape index (κ1) is 9.24. The standard InChI is InChI=1S/C3H12O3Si3/c1-7-5-9(3-4)6-8-2/h3,9H,7-8H2,1-2H3. The van der Waals surface area contributed by atoms with E-state index in [1.54, 1.807) is 0 Å². The van der Waals surface area contributed by atoms with Crippen molar-refractivity contribution in [2.45, 2.75) is 13.1 Å². The molecule has 0 unspecified atom stereocenters. The average Bonchev–Trinajstić information content (AvgIpc) is 1.88. The summed E-state index contributed by atoms with van der Waals surface area (Å²) >= 11 is 0. The van der Waals surface area contributed by atoms with Crippen molar-refractivity contribution < 1.29 is 13.0 Å². The van der Waals surface area contributed by atoms with Gasteiger partial charge in [-0.1, -0.05) is 13.1 Å². The number of hydrogen-bond acceptors (Lipinski definition) is 3. The minimum absolute atomic E-state index is 0.437. The molecule has 54 valence electrons. The van der Waals surface area contributed by atoms with Crippen molar-refractivity contribution in [3.63, 3.8) is 0 Å². The van der Waals surface area contributed by atoms with Crippen molar-refractivity contribution in [2.24, 2.45) is 0 Å². The van der Waals surface area contributed by atoms with Gasteiger partial charge in [0, 0.05) is 0 Å². The maximum atomic E-state index is 10.1. The smallest absolute Gasteiger partial charge is 0.369 e. The summed E-state index contributed by atoms with van der Waals surface area (Å²) in [6, 6.07) is 0. The van der Waals surface area contributed by atoms with Crippen LogP contribution in [0.3, 0.4) is 0 Å². The van der Waals surface area contributed by atoms with Crippen LogP contribution in [-0.4, -0.2) is 34.7 Å². The van der Waals surface area contributed by atoms with Gasteiger partial charge >= 0.3 is 9.28 Å². The molecule has 0 radical (unpaired) electrons. The highest BCUT2D eigenvalue weighted by Crippen LogP contribution is 1.81. The molecule has 3 nitrogen and oxygen atoms in total. The zero-order valence-electron chi connectivity index (χ0n) is 5.79. The predicted octanol–water partition coefficient (Wildman–Crippen LogP) is -1.72. The summed E-state index contributed by atoms with van der Waals surface area (Å²) in [4.78, 5) is 10.1. The first-order chi connectivity index (χ1) is 4.35. The molecule has 0 aromatic rings. The molecule has 0 spiro atoms. The second kappa shape index (κ2) is 6.36. The lowest BCUT2D eigenvalue weighted by Gasteiger charge is -2.06. The molecular formula is C3H12O3Si3. The quantitative estimate of drug-likeness (QED) is 0.373. The van der Waals surface area contributed by atoms with E-state index in [2.05, 4.69) is 0 Å². The van der Waals surface area contributed by atoms with Gasteiger partial charge in [-0.25, -0.2) is 0 Å². The van der Waals surface area contributed by atoms with Gasteiger partial charge in [0.15, 0.2) is 5.91 Å². The van der Waals surface area contributed by atoms with Crippen LogP contribution >= 0.6 is 0 Å². The van der Waals surface area contributed by atoms with Crippen LogP contribution in [0.4, 0.5) is 0 Å². The first-order valence-electron chi connectivity index (χ1n) is 3.03. The highest BCUT2D eigenvalue weighted by Gasteiger charge is 2.07. The largest absolute Gasteiger partial charge is 0.440 e. The van der Waals surface area contributed by atoms with Crippen LogP contribution in [0, 0.1) is 0 Å². The van der Waals surface area contributed by atoms with E-state index < -0.39 is 28.8 Å². The number of carbonyl (C=O) groups excluding carboxylic acids is 1. The van der Waals surface area contributed by atoms with Crippen LogP contribution in [0.25, 0.3) is 0 Å². The van der Waals surface area contributed by atoms with Gasteiger partial charge in [0.1, 0.15) is 19.5 Å².